The fraction of sp³-hybridized carbons (Fsp3) is 0.471. The molecule has 3 aromatic rings. The highest BCUT2D eigenvalue weighted by molar-refractivity contribution is 7.99. The van der Waals surface area contributed by atoms with Crippen molar-refractivity contribution >= 4 is 11.8 Å². The van der Waals surface area contributed by atoms with E-state index in [0.29, 0.717) is 17.8 Å². The van der Waals surface area contributed by atoms with E-state index in [4.69, 9.17) is 4.42 Å². The van der Waals surface area contributed by atoms with E-state index in [1.165, 1.54) is 19.3 Å². The average Bonchev–Trinajstić information content (AvgIpc) is 3.33. The summed E-state index contributed by atoms with van der Waals surface area (Å²) in [6.07, 6.45) is 6.09. The van der Waals surface area contributed by atoms with Gasteiger partial charge in [-0.15, -0.1) is 15.3 Å². The normalized spacial score (nSPS) is 16.8. The van der Waals surface area contributed by atoms with Gasteiger partial charge in [-0.1, -0.05) is 49.2 Å². The fourth-order valence-corrected chi connectivity index (χ4v) is 4.01. The second-order valence-electron chi connectivity index (χ2n) is 6.27. The molecule has 1 saturated carbocycles. The minimum Gasteiger partial charge on any atom is -0.419 e. The van der Waals surface area contributed by atoms with Gasteiger partial charge in [0.25, 0.3) is 0 Å². The van der Waals surface area contributed by atoms with Crippen molar-refractivity contribution < 1.29 is 4.42 Å². The van der Waals surface area contributed by atoms with Crippen LogP contribution in [0.5, 0.6) is 0 Å². The quantitative estimate of drug-likeness (QED) is 0.637. The van der Waals surface area contributed by atoms with Crippen LogP contribution in [0.15, 0.2) is 39.9 Å². The van der Waals surface area contributed by atoms with Gasteiger partial charge in [-0.2, -0.15) is 0 Å². The van der Waals surface area contributed by atoms with Gasteiger partial charge in [-0.25, -0.2) is 4.68 Å². The predicted octanol–water partition coefficient (Wildman–Crippen LogP) is 4.08. The molecule has 1 aromatic carbocycles. The molecule has 2 aromatic heterocycles. The van der Waals surface area contributed by atoms with Gasteiger partial charge in [-0.3, -0.25) is 0 Å². The molecule has 0 spiro atoms. The van der Waals surface area contributed by atoms with Crippen LogP contribution < -0.4 is 0 Å². The summed E-state index contributed by atoms with van der Waals surface area (Å²) in [6.45, 7) is 2.03. The molecule has 0 radical (unpaired) electrons. The van der Waals surface area contributed by atoms with Crippen molar-refractivity contribution in [3.63, 3.8) is 0 Å². The Bertz CT molecular complexity index is 811. The van der Waals surface area contributed by atoms with E-state index in [-0.39, 0.29) is 5.25 Å². The van der Waals surface area contributed by atoms with Gasteiger partial charge >= 0.3 is 0 Å². The van der Waals surface area contributed by atoms with Crippen molar-refractivity contribution in [1.29, 1.82) is 0 Å². The van der Waals surface area contributed by atoms with E-state index in [2.05, 4.69) is 25.7 Å². The third-order valence-electron chi connectivity index (χ3n) is 4.47. The predicted molar refractivity (Wildman–Crippen MR) is 93.9 cm³/mol. The molecule has 0 saturated heterocycles. The van der Waals surface area contributed by atoms with Gasteiger partial charge in [-0.05, 0) is 42.3 Å². The van der Waals surface area contributed by atoms with Crippen LogP contribution in [-0.4, -0.2) is 30.4 Å². The molecule has 8 heteroatoms. The number of tetrazole rings is 1. The highest BCUT2D eigenvalue weighted by Gasteiger charge is 2.24. The minimum atomic E-state index is -0.0155. The molecule has 1 atom stereocenters. The van der Waals surface area contributed by atoms with E-state index < -0.39 is 0 Å². The van der Waals surface area contributed by atoms with Crippen molar-refractivity contribution in [2.45, 2.75) is 55.5 Å². The Hall–Kier alpha value is -2.22. The van der Waals surface area contributed by atoms with E-state index in [9.17, 15) is 0 Å². The fourth-order valence-electron chi connectivity index (χ4n) is 3.12. The molecule has 7 nitrogen and oxygen atoms in total. The van der Waals surface area contributed by atoms with E-state index >= 15 is 0 Å². The third kappa shape index (κ3) is 3.58. The zero-order valence-electron chi connectivity index (χ0n) is 14.1. The molecule has 130 valence electrons. The molecule has 1 fully saturated rings. The molecule has 0 amide bonds. The van der Waals surface area contributed by atoms with E-state index in [1.54, 1.807) is 11.8 Å². The zero-order chi connectivity index (χ0) is 17.1. The second kappa shape index (κ2) is 7.35. The average molecular weight is 356 g/mol. The van der Waals surface area contributed by atoms with Crippen molar-refractivity contribution in [2.24, 2.45) is 0 Å². The Kier molecular flexibility index (Phi) is 4.78. The highest BCUT2D eigenvalue weighted by atomic mass is 32.2. The first-order valence-corrected chi connectivity index (χ1v) is 9.52. The molecule has 4 rings (SSSR count). The summed E-state index contributed by atoms with van der Waals surface area (Å²) in [6, 6.07) is 10.2. The van der Waals surface area contributed by atoms with Gasteiger partial charge in [0, 0.05) is 5.56 Å². The second-order valence-corrected chi connectivity index (χ2v) is 7.58. The Labute approximate surface area is 150 Å². The lowest BCUT2D eigenvalue weighted by atomic mass is 9.96. The molecule has 0 aliphatic heterocycles. The summed E-state index contributed by atoms with van der Waals surface area (Å²) in [5.41, 5.74) is 0.922. The van der Waals surface area contributed by atoms with Crippen LogP contribution >= 0.6 is 11.8 Å². The number of benzene rings is 1. The van der Waals surface area contributed by atoms with Crippen LogP contribution in [0.2, 0.25) is 0 Å². The summed E-state index contributed by atoms with van der Waals surface area (Å²) >= 11 is 1.56. The minimum absolute atomic E-state index is 0.0155. The van der Waals surface area contributed by atoms with E-state index in [1.807, 2.05) is 41.9 Å². The first-order valence-electron chi connectivity index (χ1n) is 8.64. The highest BCUT2D eigenvalue weighted by Crippen LogP contribution is 2.36. The molecule has 0 bridgehead atoms. The van der Waals surface area contributed by atoms with E-state index in [0.717, 1.165) is 23.6 Å². The van der Waals surface area contributed by atoms with Crippen molar-refractivity contribution in [3.8, 4) is 11.5 Å². The van der Waals surface area contributed by atoms with Gasteiger partial charge in [0.05, 0.1) is 11.3 Å². The van der Waals surface area contributed by atoms with Crippen molar-refractivity contribution in [3.05, 3.63) is 36.2 Å². The van der Waals surface area contributed by atoms with Crippen molar-refractivity contribution in [1.82, 2.24) is 30.4 Å². The van der Waals surface area contributed by atoms with Gasteiger partial charge in [0.2, 0.25) is 16.9 Å². The standard InChI is InChI=1S/C17H20N6OS/c1-12(15-18-19-16(24-15)13-8-4-2-5-9-13)25-17-20-21-22-23(17)14-10-6-3-7-11-14/h2,4-5,8-9,12,14H,3,6-7,10-11H2,1H3. The summed E-state index contributed by atoms with van der Waals surface area (Å²) in [5.74, 6) is 1.12. The smallest absolute Gasteiger partial charge is 0.247 e. The van der Waals surface area contributed by atoms with Gasteiger partial charge in [0.1, 0.15) is 0 Å². The monoisotopic (exact) mass is 356 g/mol. The Morgan fingerprint density at radius 2 is 1.88 bits per heavy atom. The molecule has 0 N–H and O–H groups in total. The zero-order valence-corrected chi connectivity index (χ0v) is 14.9. The molecule has 1 aliphatic rings. The van der Waals surface area contributed by atoms with Crippen LogP contribution in [0.4, 0.5) is 0 Å². The number of thioether (sulfide) groups is 1. The topological polar surface area (TPSA) is 82.5 Å². The summed E-state index contributed by atoms with van der Waals surface area (Å²) in [7, 11) is 0. The molecular formula is C17H20N6OS. The van der Waals surface area contributed by atoms with Gasteiger partial charge < -0.3 is 4.42 Å². The lowest BCUT2D eigenvalue weighted by Crippen LogP contribution is -2.15. The maximum atomic E-state index is 5.84. The first kappa shape index (κ1) is 16.3. The molecule has 1 aliphatic carbocycles. The van der Waals surface area contributed by atoms with Crippen LogP contribution in [0.25, 0.3) is 11.5 Å². The van der Waals surface area contributed by atoms with Crippen LogP contribution in [0.1, 0.15) is 56.2 Å². The molecular weight excluding hydrogens is 336 g/mol. The van der Waals surface area contributed by atoms with Crippen LogP contribution in [-0.2, 0) is 0 Å². The maximum Gasteiger partial charge on any atom is 0.247 e. The number of nitrogens with zero attached hydrogens (tertiary/aromatic N) is 6. The Balaban J connectivity index is 1.49. The lowest BCUT2D eigenvalue weighted by Gasteiger charge is -2.22. The summed E-state index contributed by atoms with van der Waals surface area (Å²) in [5, 5.41) is 21.4. The third-order valence-corrected chi connectivity index (χ3v) is 5.51. The SMILES string of the molecule is CC(Sc1nnnn1C1CCCCC1)c1nnc(-c2ccccc2)o1. The number of hydrogen-bond acceptors (Lipinski definition) is 7. The summed E-state index contributed by atoms with van der Waals surface area (Å²) in [4.78, 5) is 0. The Morgan fingerprint density at radius 3 is 2.68 bits per heavy atom. The van der Waals surface area contributed by atoms with Crippen LogP contribution in [0, 0.1) is 0 Å². The molecule has 2 heterocycles. The van der Waals surface area contributed by atoms with Crippen molar-refractivity contribution in [2.75, 3.05) is 0 Å². The summed E-state index contributed by atoms with van der Waals surface area (Å²) < 4.78 is 7.81. The number of aromatic nitrogens is 6. The Morgan fingerprint density at radius 1 is 1.08 bits per heavy atom. The first-order chi connectivity index (χ1) is 12.3. The van der Waals surface area contributed by atoms with Gasteiger partial charge in [0.15, 0.2) is 0 Å². The molecule has 1 unspecified atom stereocenters. The lowest BCUT2D eigenvalue weighted by molar-refractivity contribution is 0.307. The number of rotatable bonds is 5. The van der Waals surface area contributed by atoms with Crippen LogP contribution in [0.3, 0.4) is 0 Å². The maximum absolute atomic E-state index is 5.84. The largest absolute Gasteiger partial charge is 0.419 e. The molecule has 25 heavy (non-hydrogen) atoms. The number of hydrogen-bond donors (Lipinski definition) is 0.